The summed E-state index contributed by atoms with van der Waals surface area (Å²) in [7, 11) is 0. The number of carbonyl (C=O) groups is 2. The van der Waals surface area contributed by atoms with E-state index in [0.29, 0.717) is 13.2 Å². The van der Waals surface area contributed by atoms with Gasteiger partial charge in [-0.1, -0.05) is 36.4 Å². The highest BCUT2D eigenvalue weighted by Crippen LogP contribution is 2.22. The van der Waals surface area contributed by atoms with Crippen molar-refractivity contribution in [2.24, 2.45) is 0 Å². The van der Waals surface area contributed by atoms with Gasteiger partial charge in [0.05, 0.1) is 17.6 Å². The van der Waals surface area contributed by atoms with E-state index in [1.165, 1.54) is 29.8 Å². The van der Waals surface area contributed by atoms with Crippen LogP contribution < -0.4 is 10.6 Å². The van der Waals surface area contributed by atoms with Gasteiger partial charge in [0.1, 0.15) is 0 Å². The SMILES string of the molecule is O=C(NCCCCN1CCOC(c2ccccc2)C1)C(=O)Nc1cccc([N+](=O)[O-])c1. The molecule has 0 aliphatic carbocycles. The van der Waals surface area contributed by atoms with Crippen LogP contribution in [0.25, 0.3) is 0 Å². The van der Waals surface area contributed by atoms with Crippen molar-refractivity contribution < 1.29 is 19.2 Å². The zero-order chi connectivity index (χ0) is 22.1. The van der Waals surface area contributed by atoms with Gasteiger partial charge in [-0.15, -0.1) is 0 Å². The minimum atomic E-state index is -0.848. The van der Waals surface area contributed by atoms with Gasteiger partial charge in [-0.05, 0) is 31.0 Å². The number of anilines is 1. The van der Waals surface area contributed by atoms with E-state index in [1.54, 1.807) is 0 Å². The van der Waals surface area contributed by atoms with Crippen LogP contribution in [-0.4, -0.2) is 54.4 Å². The summed E-state index contributed by atoms with van der Waals surface area (Å²) in [6, 6.07) is 15.6. The van der Waals surface area contributed by atoms with E-state index in [-0.39, 0.29) is 17.5 Å². The summed E-state index contributed by atoms with van der Waals surface area (Å²) in [5.41, 5.74) is 1.22. The number of morpholine rings is 1. The van der Waals surface area contributed by atoms with Crippen LogP contribution in [0.5, 0.6) is 0 Å². The maximum absolute atomic E-state index is 12.0. The van der Waals surface area contributed by atoms with Crippen molar-refractivity contribution in [3.8, 4) is 0 Å². The first-order valence-electron chi connectivity index (χ1n) is 10.3. The zero-order valence-electron chi connectivity index (χ0n) is 17.2. The minimum Gasteiger partial charge on any atom is -0.371 e. The maximum atomic E-state index is 12.0. The Balaban J connectivity index is 1.34. The number of hydrogen-bond acceptors (Lipinski definition) is 6. The molecule has 0 saturated carbocycles. The van der Waals surface area contributed by atoms with E-state index in [0.717, 1.165) is 32.5 Å². The van der Waals surface area contributed by atoms with Crippen molar-refractivity contribution in [3.05, 3.63) is 70.3 Å². The number of nitro groups is 1. The van der Waals surface area contributed by atoms with Crippen molar-refractivity contribution in [2.45, 2.75) is 18.9 Å². The molecule has 0 bridgehead atoms. The third-order valence-corrected chi connectivity index (χ3v) is 5.03. The Labute approximate surface area is 180 Å². The Morgan fingerprint density at radius 3 is 2.68 bits per heavy atom. The fraction of sp³-hybridized carbons (Fsp3) is 0.364. The summed E-state index contributed by atoms with van der Waals surface area (Å²) in [6.07, 6.45) is 1.70. The van der Waals surface area contributed by atoms with E-state index >= 15 is 0 Å². The second-order valence-corrected chi connectivity index (χ2v) is 7.30. The number of ether oxygens (including phenoxy) is 1. The Hall–Kier alpha value is -3.30. The largest absolute Gasteiger partial charge is 0.371 e. The number of unbranched alkanes of at least 4 members (excludes halogenated alkanes) is 1. The average Bonchev–Trinajstić information content (AvgIpc) is 2.79. The smallest absolute Gasteiger partial charge is 0.313 e. The first-order valence-corrected chi connectivity index (χ1v) is 10.3. The molecule has 1 heterocycles. The highest BCUT2D eigenvalue weighted by Gasteiger charge is 2.21. The van der Waals surface area contributed by atoms with Gasteiger partial charge < -0.3 is 15.4 Å². The molecule has 2 N–H and O–H groups in total. The molecular formula is C22H26N4O5. The molecule has 1 unspecified atom stereocenters. The molecule has 1 atom stereocenters. The van der Waals surface area contributed by atoms with Crippen molar-refractivity contribution in [2.75, 3.05) is 38.1 Å². The molecule has 2 aromatic rings. The van der Waals surface area contributed by atoms with Gasteiger partial charge in [-0.25, -0.2) is 0 Å². The Kier molecular flexibility index (Phi) is 8.08. The number of nitro benzene ring substituents is 1. The van der Waals surface area contributed by atoms with Gasteiger partial charge in [-0.3, -0.25) is 24.6 Å². The second kappa shape index (κ2) is 11.2. The van der Waals surface area contributed by atoms with Crippen LogP contribution in [0.1, 0.15) is 24.5 Å². The Morgan fingerprint density at radius 2 is 1.90 bits per heavy atom. The minimum absolute atomic E-state index is 0.0761. The number of carbonyl (C=O) groups excluding carboxylic acids is 2. The highest BCUT2D eigenvalue weighted by atomic mass is 16.6. The predicted octanol–water partition coefficient (Wildman–Crippen LogP) is 2.50. The third-order valence-electron chi connectivity index (χ3n) is 5.03. The third kappa shape index (κ3) is 6.87. The molecule has 3 rings (SSSR count). The molecular weight excluding hydrogens is 400 g/mol. The number of nitrogens with zero attached hydrogens (tertiary/aromatic N) is 2. The summed E-state index contributed by atoms with van der Waals surface area (Å²) in [6.45, 7) is 3.67. The van der Waals surface area contributed by atoms with Crippen molar-refractivity contribution in [1.29, 1.82) is 0 Å². The van der Waals surface area contributed by atoms with Crippen LogP contribution in [0.15, 0.2) is 54.6 Å². The van der Waals surface area contributed by atoms with E-state index in [1.807, 2.05) is 18.2 Å². The number of nitrogens with one attached hydrogen (secondary N) is 2. The molecule has 2 aromatic carbocycles. The molecule has 1 aliphatic rings. The van der Waals surface area contributed by atoms with Crippen LogP contribution >= 0.6 is 0 Å². The molecule has 1 fully saturated rings. The van der Waals surface area contributed by atoms with Crippen molar-refractivity contribution in [3.63, 3.8) is 0 Å². The van der Waals surface area contributed by atoms with Crippen LogP contribution in [0.2, 0.25) is 0 Å². The molecule has 9 heteroatoms. The lowest BCUT2D eigenvalue weighted by Gasteiger charge is -2.33. The fourth-order valence-corrected chi connectivity index (χ4v) is 3.40. The van der Waals surface area contributed by atoms with E-state index < -0.39 is 16.7 Å². The van der Waals surface area contributed by atoms with Crippen LogP contribution in [-0.2, 0) is 14.3 Å². The monoisotopic (exact) mass is 426 g/mol. The first-order chi connectivity index (χ1) is 15.0. The van der Waals surface area contributed by atoms with E-state index in [4.69, 9.17) is 4.74 Å². The summed E-state index contributed by atoms with van der Waals surface area (Å²) in [5, 5.41) is 15.7. The number of benzene rings is 2. The lowest BCUT2D eigenvalue weighted by molar-refractivity contribution is -0.384. The summed E-state index contributed by atoms with van der Waals surface area (Å²) >= 11 is 0. The molecule has 164 valence electrons. The molecule has 0 radical (unpaired) electrons. The van der Waals surface area contributed by atoms with Crippen LogP contribution in [0, 0.1) is 10.1 Å². The number of rotatable bonds is 8. The first kappa shape index (κ1) is 22.4. The highest BCUT2D eigenvalue weighted by molar-refractivity contribution is 6.39. The number of non-ortho nitro benzene ring substituents is 1. The van der Waals surface area contributed by atoms with Gasteiger partial charge in [0, 0.05) is 37.5 Å². The number of hydrogen-bond donors (Lipinski definition) is 2. The van der Waals surface area contributed by atoms with Gasteiger partial charge in [0.2, 0.25) is 0 Å². The Morgan fingerprint density at radius 1 is 1.10 bits per heavy atom. The predicted molar refractivity (Wildman–Crippen MR) is 116 cm³/mol. The molecule has 0 spiro atoms. The van der Waals surface area contributed by atoms with E-state index in [2.05, 4.69) is 27.7 Å². The molecule has 0 aromatic heterocycles. The van der Waals surface area contributed by atoms with Crippen LogP contribution in [0.4, 0.5) is 11.4 Å². The zero-order valence-corrected chi connectivity index (χ0v) is 17.2. The average molecular weight is 426 g/mol. The summed E-state index contributed by atoms with van der Waals surface area (Å²) < 4.78 is 5.87. The Bertz CT molecular complexity index is 906. The van der Waals surface area contributed by atoms with Gasteiger partial charge in [-0.2, -0.15) is 0 Å². The molecule has 2 amide bonds. The van der Waals surface area contributed by atoms with Gasteiger partial charge in [0.25, 0.3) is 5.69 Å². The standard InChI is InChI=1S/C22H26N4O5/c27-21(22(28)24-18-9-6-10-19(15-18)26(29)30)23-11-4-5-12-25-13-14-31-20(16-25)17-7-2-1-3-8-17/h1-3,6-10,15,20H,4-5,11-14,16H2,(H,23,27)(H,24,28). The lowest BCUT2D eigenvalue weighted by Crippen LogP contribution is -2.39. The molecule has 1 saturated heterocycles. The van der Waals surface area contributed by atoms with Gasteiger partial charge in [0.15, 0.2) is 0 Å². The number of amides is 2. The van der Waals surface area contributed by atoms with Gasteiger partial charge >= 0.3 is 11.8 Å². The molecule has 31 heavy (non-hydrogen) atoms. The fourth-order valence-electron chi connectivity index (χ4n) is 3.40. The van der Waals surface area contributed by atoms with Crippen LogP contribution in [0.3, 0.4) is 0 Å². The van der Waals surface area contributed by atoms with Crippen molar-refractivity contribution >= 4 is 23.2 Å². The molecule has 1 aliphatic heterocycles. The maximum Gasteiger partial charge on any atom is 0.313 e. The summed E-state index contributed by atoms with van der Waals surface area (Å²) in [4.78, 5) is 36.5. The summed E-state index contributed by atoms with van der Waals surface area (Å²) in [5.74, 6) is -1.61. The normalized spacial score (nSPS) is 16.5. The second-order valence-electron chi connectivity index (χ2n) is 7.30. The molecule has 9 nitrogen and oxygen atoms in total. The van der Waals surface area contributed by atoms with Crippen molar-refractivity contribution in [1.82, 2.24) is 10.2 Å². The quantitative estimate of drug-likeness (QED) is 0.290. The lowest BCUT2D eigenvalue weighted by atomic mass is 10.1. The van der Waals surface area contributed by atoms with E-state index in [9.17, 15) is 19.7 Å². The topological polar surface area (TPSA) is 114 Å².